The van der Waals surface area contributed by atoms with Gasteiger partial charge in [-0.3, -0.25) is 10.2 Å². The lowest BCUT2D eigenvalue weighted by Crippen LogP contribution is -2.16. The van der Waals surface area contributed by atoms with Crippen molar-refractivity contribution in [3.05, 3.63) is 0 Å². The maximum Gasteiger partial charge on any atom is 0.217 e. The van der Waals surface area contributed by atoms with Gasteiger partial charge in [0.2, 0.25) is 5.91 Å². The van der Waals surface area contributed by atoms with Crippen LogP contribution in [0.4, 0.5) is 0 Å². The van der Waals surface area contributed by atoms with Gasteiger partial charge in [-0.25, -0.2) is 0 Å². The van der Waals surface area contributed by atoms with Crippen LogP contribution < -0.4 is 11.5 Å². The van der Waals surface area contributed by atoms with E-state index in [0.717, 1.165) is 0 Å². The summed E-state index contributed by atoms with van der Waals surface area (Å²) in [5.41, 5.74) is 9.67. The first-order valence-corrected chi connectivity index (χ1v) is 2.24. The molecule has 0 saturated heterocycles. The molecule has 5 heteroatoms. The Morgan fingerprint density at radius 2 is 1.78 bits per heavy atom. The summed E-state index contributed by atoms with van der Waals surface area (Å²) < 4.78 is 0. The van der Waals surface area contributed by atoms with Gasteiger partial charge < -0.3 is 11.5 Å². The molecule has 0 aliphatic carbocycles. The molecule has 0 fully saturated rings. The van der Waals surface area contributed by atoms with Gasteiger partial charge in [-0.2, -0.15) is 0 Å². The monoisotopic (exact) mass is 151 g/mol. The van der Waals surface area contributed by atoms with Crippen LogP contribution in [0, 0.1) is 5.41 Å². The molecule has 0 aliphatic rings. The molecule has 54 valence electrons. The van der Waals surface area contributed by atoms with Gasteiger partial charge >= 0.3 is 0 Å². The fourth-order valence-corrected chi connectivity index (χ4v) is 0.258. The number of primary amides is 1. The van der Waals surface area contributed by atoms with Crippen molar-refractivity contribution in [2.24, 2.45) is 11.5 Å². The highest BCUT2D eigenvalue weighted by molar-refractivity contribution is 5.85. The zero-order valence-electron chi connectivity index (χ0n) is 4.89. The normalized spacial score (nSPS) is 7.56. The molecule has 0 bridgehead atoms. The third kappa shape index (κ3) is 11.1. The van der Waals surface area contributed by atoms with Crippen LogP contribution in [-0.2, 0) is 4.79 Å². The first-order valence-electron chi connectivity index (χ1n) is 2.24. The molecule has 0 unspecified atom stereocenters. The van der Waals surface area contributed by atoms with Crippen LogP contribution in [0.2, 0.25) is 0 Å². The molecule has 0 atom stereocenters. The number of halogens is 1. The van der Waals surface area contributed by atoms with E-state index in [9.17, 15) is 4.79 Å². The van der Waals surface area contributed by atoms with Crippen molar-refractivity contribution in [3.63, 3.8) is 0 Å². The van der Waals surface area contributed by atoms with Crippen molar-refractivity contribution in [1.82, 2.24) is 0 Å². The second-order valence-corrected chi connectivity index (χ2v) is 1.49. The quantitative estimate of drug-likeness (QED) is 0.379. The summed E-state index contributed by atoms with van der Waals surface area (Å²) in [5.74, 6) is -0.413. The third-order valence-corrected chi connectivity index (χ3v) is 0.641. The van der Waals surface area contributed by atoms with Gasteiger partial charge in [-0.1, -0.05) is 0 Å². The maximum absolute atomic E-state index is 9.97. The molecule has 0 rings (SSSR count). The van der Waals surface area contributed by atoms with E-state index in [0.29, 0.717) is 0 Å². The highest BCUT2D eigenvalue weighted by Gasteiger charge is 1.93. The van der Waals surface area contributed by atoms with Crippen LogP contribution in [0.1, 0.15) is 12.8 Å². The number of rotatable bonds is 3. The van der Waals surface area contributed by atoms with Crippen LogP contribution in [0.5, 0.6) is 0 Å². The van der Waals surface area contributed by atoms with Gasteiger partial charge in [0.25, 0.3) is 0 Å². The van der Waals surface area contributed by atoms with E-state index in [4.69, 9.17) is 16.9 Å². The number of amides is 1. The number of hydrogen-bond donors (Lipinski definition) is 3. The highest BCUT2D eigenvalue weighted by atomic mass is 35.5. The molecule has 0 spiro atoms. The standard InChI is InChI=1S/C4H9N3O.ClH/c5-3(6)1-2-4(7)8;/h1-2H2,(H3,5,6)(H2,7,8);1H. The number of nitrogens with one attached hydrogen (secondary N) is 1. The molecule has 0 radical (unpaired) electrons. The Hall–Kier alpha value is -0.770. The van der Waals surface area contributed by atoms with Crippen molar-refractivity contribution >= 4 is 24.1 Å². The van der Waals surface area contributed by atoms with E-state index in [-0.39, 0.29) is 31.1 Å². The van der Waals surface area contributed by atoms with Crippen LogP contribution in [0.3, 0.4) is 0 Å². The summed E-state index contributed by atoms with van der Waals surface area (Å²) in [5, 5.41) is 6.66. The minimum absolute atomic E-state index is 0. The number of carbonyl (C=O) groups is 1. The number of carbonyl (C=O) groups excluding carboxylic acids is 1. The molecular formula is C4H10ClN3O. The van der Waals surface area contributed by atoms with E-state index in [2.05, 4.69) is 0 Å². The predicted molar refractivity (Wildman–Crippen MR) is 37.6 cm³/mol. The van der Waals surface area contributed by atoms with Gasteiger partial charge in [0.15, 0.2) is 0 Å². The van der Waals surface area contributed by atoms with Gasteiger partial charge in [0.05, 0.1) is 5.84 Å². The Morgan fingerprint density at radius 1 is 1.33 bits per heavy atom. The fourth-order valence-electron chi connectivity index (χ4n) is 0.258. The zero-order valence-corrected chi connectivity index (χ0v) is 5.70. The number of amidine groups is 1. The summed E-state index contributed by atoms with van der Waals surface area (Å²) >= 11 is 0. The average molecular weight is 152 g/mol. The molecule has 9 heavy (non-hydrogen) atoms. The largest absolute Gasteiger partial charge is 0.388 e. The molecule has 4 nitrogen and oxygen atoms in total. The summed E-state index contributed by atoms with van der Waals surface area (Å²) in [4.78, 5) is 9.97. The Balaban J connectivity index is 0. The topological polar surface area (TPSA) is 93.0 Å². The lowest BCUT2D eigenvalue weighted by molar-refractivity contribution is -0.117. The molecular weight excluding hydrogens is 142 g/mol. The second-order valence-electron chi connectivity index (χ2n) is 1.49. The minimum atomic E-state index is -0.416. The molecule has 0 aromatic rings. The lowest BCUT2D eigenvalue weighted by Gasteiger charge is -1.90. The SMILES string of the molecule is Cl.N=C(N)CCC(N)=O. The van der Waals surface area contributed by atoms with Crippen LogP contribution in [-0.4, -0.2) is 11.7 Å². The Bertz CT molecular complexity index is 100. The minimum Gasteiger partial charge on any atom is -0.388 e. The van der Waals surface area contributed by atoms with E-state index in [1.807, 2.05) is 0 Å². The molecule has 0 aliphatic heterocycles. The summed E-state index contributed by atoms with van der Waals surface area (Å²) in [7, 11) is 0. The Kier molecular flexibility index (Phi) is 6.61. The second kappa shape index (κ2) is 5.37. The van der Waals surface area contributed by atoms with Crippen molar-refractivity contribution in [1.29, 1.82) is 5.41 Å². The van der Waals surface area contributed by atoms with Gasteiger partial charge in [0.1, 0.15) is 0 Å². The van der Waals surface area contributed by atoms with Gasteiger partial charge in [0, 0.05) is 12.8 Å². The highest BCUT2D eigenvalue weighted by Crippen LogP contribution is 1.82. The van der Waals surface area contributed by atoms with E-state index >= 15 is 0 Å². The Labute approximate surface area is 59.5 Å². The van der Waals surface area contributed by atoms with E-state index in [1.165, 1.54) is 0 Å². The van der Waals surface area contributed by atoms with Gasteiger partial charge in [-0.05, 0) is 0 Å². The summed E-state index contributed by atoms with van der Waals surface area (Å²) in [6.45, 7) is 0. The zero-order chi connectivity index (χ0) is 6.57. The lowest BCUT2D eigenvalue weighted by atomic mass is 10.3. The maximum atomic E-state index is 9.97. The third-order valence-electron chi connectivity index (χ3n) is 0.641. The summed E-state index contributed by atoms with van der Waals surface area (Å²) in [6, 6.07) is 0. The molecule has 0 aromatic heterocycles. The first kappa shape index (κ1) is 11.1. The number of hydrogen-bond acceptors (Lipinski definition) is 2. The van der Waals surface area contributed by atoms with Crippen molar-refractivity contribution in [2.75, 3.05) is 0 Å². The predicted octanol–water partition coefficient (Wildman–Crippen LogP) is -0.390. The van der Waals surface area contributed by atoms with Crippen LogP contribution >= 0.6 is 12.4 Å². The molecule has 0 aromatic carbocycles. The summed E-state index contributed by atoms with van der Waals surface area (Å²) in [6.07, 6.45) is 0.449. The average Bonchev–Trinajstić information content (AvgIpc) is 1.61. The van der Waals surface area contributed by atoms with Crippen LogP contribution in [0.15, 0.2) is 0 Å². The van der Waals surface area contributed by atoms with Crippen molar-refractivity contribution in [3.8, 4) is 0 Å². The molecule has 5 N–H and O–H groups in total. The molecule has 0 heterocycles. The van der Waals surface area contributed by atoms with Crippen LogP contribution in [0.25, 0.3) is 0 Å². The Morgan fingerprint density at radius 3 is 1.89 bits per heavy atom. The van der Waals surface area contributed by atoms with E-state index < -0.39 is 5.91 Å². The van der Waals surface area contributed by atoms with E-state index in [1.54, 1.807) is 0 Å². The smallest absolute Gasteiger partial charge is 0.217 e. The molecule has 1 amide bonds. The van der Waals surface area contributed by atoms with Crippen molar-refractivity contribution in [2.45, 2.75) is 12.8 Å². The van der Waals surface area contributed by atoms with Gasteiger partial charge in [-0.15, -0.1) is 12.4 Å². The molecule has 0 saturated carbocycles. The fraction of sp³-hybridized carbons (Fsp3) is 0.500. The first-order chi connectivity index (χ1) is 3.63. The number of nitrogens with two attached hydrogens (primary N) is 2. The van der Waals surface area contributed by atoms with Crippen molar-refractivity contribution < 1.29 is 4.79 Å².